The summed E-state index contributed by atoms with van der Waals surface area (Å²) >= 11 is 0. The molecule has 0 bridgehead atoms. The molecule has 1 aliphatic heterocycles. The summed E-state index contributed by atoms with van der Waals surface area (Å²) in [5, 5.41) is 14.5. The van der Waals surface area contributed by atoms with E-state index >= 15 is 0 Å². The molecule has 2 heterocycles. The van der Waals surface area contributed by atoms with Gasteiger partial charge in [0.1, 0.15) is 23.2 Å². The topological polar surface area (TPSA) is 117 Å². The van der Waals surface area contributed by atoms with Crippen molar-refractivity contribution in [3.8, 4) is 11.5 Å². The van der Waals surface area contributed by atoms with Crippen LogP contribution in [0.5, 0.6) is 11.5 Å². The van der Waals surface area contributed by atoms with Gasteiger partial charge >= 0.3 is 5.97 Å². The number of anilines is 1. The van der Waals surface area contributed by atoms with E-state index in [0.717, 1.165) is 0 Å². The van der Waals surface area contributed by atoms with Gasteiger partial charge in [-0.25, -0.2) is 4.79 Å². The predicted octanol–water partition coefficient (Wildman–Crippen LogP) is 2.02. The number of esters is 1. The van der Waals surface area contributed by atoms with Crippen LogP contribution in [0.4, 0.5) is 5.95 Å². The molecule has 0 saturated heterocycles. The van der Waals surface area contributed by atoms with Crippen molar-refractivity contribution in [3.63, 3.8) is 0 Å². The number of tetrazole rings is 1. The molecule has 0 aliphatic carbocycles. The number of carbonyl (C=O) groups is 2. The van der Waals surface area contributed by atoms with Crippen LogP contribution < -0.4 is 14.8 Å². The summed E-state index contributed by atoms with van der Waals surface area (Å²) in [5.41, 5.74) is 1.14. The van der Waals surface area contributed by atoms with Crippen molar-refractivity contribution in [1.82, 2.24) is 20.2 Å². The van der Waals surface area contributed by atoms with Crippen molar-refractivity contribution in [2.45, 2.75) is 6.04 Å². The summed E-state index contributed by atoms with van der Waals surface area (Å²) < 4.78 is 16.9. The molecule has 2 aromatic carbocycles. The molecule has 1 aliphatic rings. The van der Waals surface area contributed by atoms with Crippen LogP contribution >= 0.6 is 0 Å². The summed E-state index contributed by atoms with van der Waals surface area (Å²) in [7, 11) is 4.32. The lowest BCUT2D eigenvalue weighted by atomic mass is 9.89. The predicted molar refractivity (Wildman–Crippen MR) is 109 cm³/mol. The average molecular weight is 421 g/mol. The van der Waals surface area contributed by atoms with E-state index in [4.69, 9.17) is 14.2 Å². The number of methoxy groups -OCH3 is 3. The zero-order chi connectivity index (χ0) is 22.0. The molecule has 158 valence electrons. The van der Waals surface area contributed by atoms with Gasteiger partial charge in [-0.15, -0.1) is 0 Å². The maximum atomic E-state index is 13.6. The number of ketones is 1. The number of nitrogens with one attached hydrogen (secondary N) is 1. The summed E-state index contributed by atoms with van der Waals surface area (Å²) in [5.74, 6) is 0.303. The van der Waals surface area contributed by atoms with Crippen LogP contribution in [-0.4, -0.2) is 53.3 Å². The first-order valence-corrected chi connectivity index (χ1v) is 9.27. The van der Waals surface area contributed by atoms with Crippen molar-refractivity contribution in [3.05, 3.63) is 70.9 Å². The van der Waals surface area contributed by atoms with E-state index in [1.807, 2.05) is 0 Å². The summed E-state index contributed by atoms with van der Waals surface area (Å²) in [6.45, 7) is 0. The first kappa shape index (κ1) is 20.1. The van der Waals surface area contributed by atoms with Gasteiger partial charge < -0.3 is 19.5 Å². The van der Waals surface area contributed by atoms with Gasteiger partial charge in [-0.2, -0.15) is 4.68 Å². The Labute approximate surface area is 177 Å². The molecule has 31 heavy (non-hydrogen) atoms. The monoisotopic (exact) mass is 421 g/mol. The smallest absolute Gasteiger partial charge is 0.355 e. The Bertz CT molecular complexity index is 1170. The van der Waals surface area contributed by atoms with Crippen molar-refractivity contribution >= 4 is 17.7 Å². The number of hydrogen-bond acceptors (Lipinski definition) is 9. The van der Waals surface area contributed by atoms with Crippen molar-refractivity contribution in [1.29, 1.82) is 0 Å². The highest BCUT2D eigenvalue weighted by atomic mass is 16.5. The highest BCUT2D eigenvalue weighted by Gasteiger charge is 2.38. The van der Waals surface area contributed by atoms with Crippen LogP contribution in [-0.2, 0) is 9.53 Å². The summed E-state index contributed by atoms with van der Waals surface area (Å²) in [6, 6.07) is 12.9. The molecular weight excluding hydrogens is 402 g/mol. The molecule has 0 radical (unpaired) electrons. The van der Waals surface area contributed by atoms with E-state index < -0.39 is 12.0 Å². The molecule has 0 spiro atoms. The molecule has 4 rings (SSSR count). The highest BCUT2D eigenvalue weighted by Crippen LogP contribution is 2.37. The average Bonchev–Trinajstić information content (AvgIpc) is 3.30. The van der Waals surface area contributed by atoms with Crippen molar-refractivity contribution < 1.29 is 23.8 Å². The fourth-order valence-corrected chi connectivity index (χ4v) is 3.41. The molecule has 0 fully saturated rings. The quantitative estimate of drug-likeness (QED) is 0.471. The highest BCUT2D eigenvalue weighted by molar-refractivity contribution is 6.15. The Morgan fingerprint density at radius 2 is 1.74 bits per heavy atom. The number of carbonyl (C=O) groups excluding carboxylic acids is 2. The number of ether oxygens (including phenoxy) is 3. The van der Waals surface area contributed by atoms with E-state index in [0.29, 0.717) is 22.6 Å². The lowest BCUT2D eigenvalue weighted by molar-refractivity contribution is -0.136. The van der Waals surface area contributed by atoms with Gasteiger partial charge in [-0.05, 0) is 52.4 Å². The van der Waals surface area contributed by atoms with Crippen LogP contribution in [0.15, 0.2) is 59.8 Å². The second kappa shape index (κ2) is 8.27. The normalized spacial score (nSPS) is 15.0. The van der Waals surface area contributed by atoms with Crippen LogP contribution in [0.1, 0.15) is 22.0 Å². The Hall–Kier alpha value is -4.21. The first-order valence-electron chi connectivity index (χ1n) is 9.27. The zero-order valence-corrected chi connectivity index (χ0v) is 17.0. The van der Waals surface area contributed by atoms with Gasteiger partial charge in [0.25, 0.3) is 0 Å². The number of aromatic nitrogens is 4. The Balaban J connectivity index is 1.92. The van der Waals surface area contributed by atoms with Gasteiger partial charge in [-0.1, -0.05) is 17.2 Å². The Kier molecular flexibility index (Phi) is 5.35. The molecule has 0 saturated carbocycles. The van der Waals surface area contributed by atoms with E-state index in [9.17, 15) is 9.59 Å². The summed E-state index contributed by atoms with van der Waals surface area (Å²) in [4.78, 5) is 26.3. The van der Waals surface area contributed by atoms with Crippen molar-refractivity contribution in [2.75, 3.05) is 26.6 Å². The molecule has 0 amide bonds. The van der Waals surface area contributed by atoms with Crippen LogP contribution in [0.3, 0.4) is 0 Å². The second-order valence-corrected chi connectivity index (χ2v) is 6.59. The second-order valence-electron chi connectivity index (χ2n) is 6.59. The fraction of sp³-hybridized carbons (Fsp3) is 0.190. The van der Waals surface area contributed by atoms with Gasteiger partial charge in [0.05, 0.1) is 26.9 Å². The Morgan fingerprint density at radius 3 is 2.42 bits per heavy atom. The third kappa shape index (κ3) is 3.59. The number of Topliss-reactive ketones (excluding diaryl/α,β-unsaturated/α-hetero) is 1. The Morgan fingerprint density at radius 1 is 1.00 bits per heavy atom. The lowest BCUT2D eigenvalue weighted by Crippen LogP contribution is -2.33. The molecule has 3 aromatic rings. The molecule has 1 atom stereocenters. The standard InChI is InChI=1S/C21H19N5O5/c1-29-14-9-7-12(8-10-14)19(27)16-17(20(28)31-3)22-21-23-24-25-26(21)18(16)13-5-4-6-15(11-13)30-2/h4-11,18H,1-3H3,(H,22,23,25)/t18-/m1/s1. The third-order valence-corrected chi connectivity index (χ3v) is 4.91. The molecule has 1 N–H and O–H groups in total. The van der Waals surface area contributed by atoms with E-state index in [1.54, 1.807) is 55.6 Å². The van der Waals surface area contributed by atoms with E-state index in [2.05, 4.69) is 20.8 Å². The molecule has 10 heteroatoms. The minimum absolute atomic E-state index is 0.0292. The number of nitrogens with zero attached hydrogens (tertiary/aromatic N) is 4. The van der Waals surface area contributed by atoms with Crippen molar-refractivity contribution in [2.24, 2.45) is 0 Å². The lowest BCUT2D eigenvalue weighted by Gasteiger charge is -2.28. The number of allylic oxidation sites excluding steroid dienone is 1. The van der Waals surface area contributed by atoms with E-state index in [-0.39, 0.29) is 23.0 Å². The number of hydrogen-bond donors (Lipinski definition) is 1. The molecule has 1 aromatic heterocycles. The van der Waals surface area contributed by atoms with Crippen LogP contribution in [0.25, 0.3) is 0 Å². The number of benzene rings is 2. The fourth-order valence-electron chi connectivity index (χ4n) is 3.41. The first-order chi connectivity index (χ1) is 15.1. The van der Waals surface area contributed by atoms with E-state index in [1.165, 1.54) is 18.9 Å². The maximum Gasteiger partial charge on any atom is 0.355 e. The van der Waals surface area contributed by atoms with Gasteiger partial charge in [0.2, 0.25) is 5.95 Å². The largest absolute Gasteiger partial charge is 0.497 e. The number of rotatable bonds is 6. The van der Waals surface area contributed by atoms with Gasteiger partial charge in [-0.3, -0.25) is 4.79 Å². The van der Waals surface area contributed by atoms with Crippen LogP contribution in [0, 0.1) is 0 Å². The molecule has 0 unspecified atom stereocenters. The number of fused-ring (bicyclic) bond motifs is 1. The summed E-state index contributed by atoms with van der Waals surface area (Å²) in [6.07, 6.45) is 0. The minimum Gasteiger partial charge on any atom is -0.497 e. The third-order valence-electron chi connectivity index (χ3n) is 4.91. The zero-order valence-electron chi connectivity index (χ0n) is 17.0. The molecular formula is C21H19N5O5. The maximum absolute atomic E-state index is 13.6. The SMILES string of the molecule is COC(=O)C1=C(C(=O)c2ccc(OC)cc2)[C@@H](c2cccc(OC)c2)n2nnnc2N1. The molecule has 10 nitrogen and oxygen atoms in total. The van der Waals surface area contributed by atoms with Gasteiger partial charge in [0, 0.05) is 5.56 Å². The minimum atomic E-state index is -0.787. The van der Waals surface area contributed by atoms with Crippen LogP contribution in [0.2, 0.25) is 0 Å². The van der Waals surface area contributed by atoms with Gasteiger partial charge in [0.15, 0.2) is 5.78 Å².